The Balaban J connectivity index is 0.000000980. The zero-order valence-corrected chi connectivity index (χ0v) is 9.48. The van der Waals surface area contributed by atoms with Gasteiger partial charge in [-0.05, 0) is 25.5 Å². The molecule has 1 N–H and O–H groups in total. The van der Waals surface area contributed by atoms with Crippen LogP contribution < -0.4 is 4.90 Å². The molecular formula is C11H15ClN2. The van der Waals surface area contributed by atoms with Crippen LogP contribution in [0.2, 0.25) is 0 Å². The number of benzene rings is 1. The van der Waals surface area contributed by atoms with Crippen molar-refractivity contribution < 1.29 is 0 Å². The smallest absolute Gasteiger partial charge is 0.110 e. The fourth-order valence-corrected chi connectivity index (χ4v) is 1.96. The summed E-state index contributed by atoms with van der Waals surface area (Å²) in [5, 5.41) is 7.97. The molecule has 14 heavy (non-hydrogen) atoms. The minimum atomic E-state index is -0.134. The molecule has 1 aromatic rings. The third-order valence-corrected chi connectivity index (χ3v) is 2.87. The SMILES string of the molecule is CN1C(=N)C(C)(C)c2ccccc21.Cl. The Labute approximate surface area is 90.8 Å². The summed E-state index contributed by atoms with van der Waals surface area (Å²) in [5.74, 6) is 0.675. The van der Waals surface area contributed by atoms with Gasteiger partial charge in [-0.2, -0.15) is 0 Å². The Kier molecular flexibility index (Phi) is 2.59. The molecule has 0 fully saturated rings. The first-order valence-electron chi connectivity index (χ1n) is 4.47. The Bertz CT molecular complexity index is 371. The van der Waals surface area contributed by atoms with Gasteiger partial charge in [0.15, 0.2) is 0 Å². The molecule has 3 heteroatoms. The number of likely N-dealkylation sites (N-methyl/N-ethyl adjacent to an activating group) is 1. The predicted octanol–water partition coefficient (Wildman–Crippen LogP) is 2.81. The van der Waals surface area contributed by atoms with Crippen LogP contribution in [0.25, 0.3) is 0 Å². The molecule has 76 valence electrons. The molecule has 1 aromatic carbocycles. The molecule has 0 radical (unpaired) electrons. The number of fused-ring (bicyclic) bond motifs is 1. The Morgan fingerprint density at radius 2 is 1.79 bits per heavy atom. The molecular weight excluding hydrogens is 196 g/mol. The molecule has 0 amide bonds. The lowest BCUT2D eigenvalue weighted by Crippen LogP contribution is -2.32. The summed E-state index contributed by atoms with van der Waals surface area (Å²) in [6.07, 6.45) is 0. The van der Waals surface area contributed by atoms with Crippen LogP contribution in [0.3, 0.4) is 0 Å². The van der Waals surface area contributed by atoms with E-state index < -0.39 is 0 Å². The van der Waals surface area contributed by atoms with Gasteiger partial charge in [-0.3, -0.25) is 5.41 Å². The van der Waals surface area contributed by atoms with E-state index in [1.807, 2.05) is 24.1 Å². The second kappa shape index (κ2) is 3.28. The van der Waals surface area contributed by atoms with Crippen LogP contribution in [-0.2, 0) is 5.41 Å². The van der Waals surface area contributed by atoms with Gasteiger partial charge in [0.05, 0.1) is 0 Å². The molecule has 0 saturated carbocycles. The van der Waals surface area contributed by atoms with Crippen LogP contribution in [0.1, 0.15) is 19.4 Å². The largest absolute Gasteiger partial charge is 0.332 e. The van der Waals surface area contributed by atoms with Gasteiger partial charge in [0.2, 0.25) is 0 Å². The molecule has 2 nitrogen and oxygen atoms in total. The third-order valence-electron chi connectivity index (χ3n) is 2.87. The summed E-state index contributed by atoms with van der Waals surface area (Å²) in [7, 11) is 1.95. The van der Waals surface area contributed by atoms with E-state index in [9.17, 15) is 0 Å². The summed E-state index contributed by atoms with van der Waals surface area (Å²) in [4.78, 5) is 1.95. The van der Waals surface area contributed by atoms with Crippen molar-refractivity contribution in [1.82, 2.24) is 0 Å². The van der Waals surface area contributed by atoms with Crippen LogP contribution in [0.15, 0.2) is 24.3 Å². The first kappa shape index (κ1) is 11.1. The van der Waals surface area contributed by atoms with E-state index in [1.54, 1.807) is 0 Å². The number of anilines is 1. The molecule has 0 aliphatic carbocycles. The summed E-state index contributed by atoms with van der Waals surface area (Å²) in [6, 6.07) is 8.23. The van der Waals surface area contributed by atoms with Crippen molar-refractivity contribution in [3.8, 4) is 0 Å². The third kappa shape index (κ3) is 1.22. The molecule has 0 atom stereocenters. The number of para-hydroxylation sites is 1. The predicted molar refractivity (Wildman–Crippen MR) is 62.8 cm³/mol. The maximum absolute atomic E-state index is 7.97. The van der Waals surface area contributed by atoms with Crippen molar-refractivity contribution in [3.05, 3.63) is 29.8 Å². The highest BCUT2D eigenvalue weighted by molar-refractivity contribution is 6.08. The number of hydrogen-bond acceptors (Lipinski definition) is 1. The zero-order chi connectivity index (χ0) is 9.64. The van der Waals surface area contributed by atoms with Crippen molar-refractivity contribution in [3.63, 3.8) is 0 Å². The van der Waals surface area contributed by atoms with Crippen LogP contribution in [0.4, 0.5) is 5.69 Å². The lowest BCUT2D eigenvalue weighted by atomic mass is 9.86. The monoisotopic (exact) mass is 210 g/mol. The van der Waals surface area contributed by atoms with Crippen LogP contribution in [0.5, 0.6) is 0 Å². The normalized spacial score (nSPS) is 17.6. The first-order valence-corrected chi connectivity index (χ1v) is 4.47. The van der Waals surface area contributed by atoms with Gasteiger partial charge in [-0.25, -0.2) is 0 Å². The number of nitrogens with one attached hydrogen (secondary N) is 1. The maximum Gasteiger partial charge on any atom is 0.110 e. The highest BCUT2D eigenvalue weighted by Gasteiger charge is 2.38. The fraction of sp³-hybridized carbons (Fsp3) is 0.364. The minimum absolute atomic E-state index is 0. The second-order valence-electron chi connectivity index (χ2n) is 4.05. The number of amidine groups is 1. The number of halogens is 1. The Morgan fingerprint density at radius 1 is 1.21 bits per heavy atom. The van der Waals surface area contributed by atoms with Crippen molar-refractivity contribution >= 4 is 23.9 Å². The molecule has 1 aliphatic heterocycles. The summed E-state index contributed by atoms with van der Waals surface area (Å²) >= 11 is 0. The maximum atomic E-state index is 7.97. The topological polar surface area (TPSA) is 27.1 Å². The van der Waals surface area contributed by atoms with E-state index in [0.717, 1.165) is 5.69 Å². The molecule has 0 spiro atoms. The van der Waals surface area contributed by atoms with Gasteiger partial charge in [0.25, 0.3) is 0 Å². The highest BCUT2D eigenvalue weighted by Crippen LogP contribution is 2.40. The van der Waals surface area contributed by atoms with Crippen molar-refractivity contribution in [2.75, 3.05) is 11.9 Å². The zero-order valence-electron chi connectivity index (χ0n) is 8.66. The van der Waals surface area contributed by atoms with Crippen molar-refractivity contribution in [1.29, 1.82) is 5.41 Å². The second-order valence-corrected chi connectivity index (χ2v) is 4.05. The summed E-state index contributed by atoms with van der Waals surface area (Å²) in [5.41, 5.74) is 2.28. The van der Waals surface area contributed by atoms with Crippen molar-refractivity contribution in [2.24, 2.45) is 0 Å². The van der Waals surface area contributed by atoms with Crippen LogP contribution in [-0.4, -0.2) is 12.9 Å². The molecule has 2 rings (SSSR count). The van der Waals surface area contributed by atoms with Gasteiger partial charge in [0.1, 0.15) is 5.84 Å². The highest BCUT2D eigenvalue weighted by atomic mass is 35.5. The Morgan fingerprint density at radius 3 is 2.36 bits per heavy atom. The van der Waals surface area contributed by atoms with Crippen LogP contribution in [0, 0.1) is 5.41 Å². The van der Waals surface area contributed by atoms with E-state index in [1.165, 1.54) is 5.56 Å². The van der Waals surface area contributed by atoms with E-state index in [0.29, 0.717) is 5.84 Å². The van der Waals surface area contributed by atoms with Gasteiger partial charge >= 0.3 is 0 Å². The number of hydrogen-bond donors (Lipinski definition) is 1. The molecule has 0 bridgehead atoms. The van der Waals surface area contributed by atoms with Gasteiger partial charge < -0.3 is 4.90 Å². The Hall–Kier alpha value is -1.02. The molecule has 0 saturated heterocycles. The summed E-state index contributed by atoms with van der Waals surface area (Å²) in [6.45, 7) is 4.19. The quantitative estimate of drug-likeness (QED) is 0.701. The lowest BCUT2D eigenvalue weighted by molar-refractivity contribution is 0.727. The van der Waals surface area contributed by atoms with Gasteiger partial charge in [-0.1, -0.05) is 18.2 Å². The van der Waals surface area contributed by atoms with Crippen LogP contribution >= 0.6 is 12.4 Å². The first-order chi connectivity index (χ1) is 6.05. The van der Waals surface area contributed by atoms with E-state index in [-0.39, 0.29) is 17.8 Å². The lowest BCUT2D eigenvalue weighted by Gasteiger charge is -2.19. The standard InChI is InChI=1S/C11H14N2.ClH/c1-11(2)8-6-4-5-7-9(8)13(3)10(11)12;/h4-7,12H,1-3H3;1H. The average molecular weight is 211 g/mol. The minimum Gasteiger partial charge on any atom is -0.332 e. The summed E-state index contributed by atoms with van der Waals surface area (Å²) < 4.78 is 0. The van der Waals surface area contributed by atoms with E-state index >= 15 is 0 Å². The van der Waals surface area contributed by atoms with Crippen molar-refractivity contribution in [2.45, 2.75) is 19.3 Å². The molecule has 1 heterocycles. The number of rotatable bonds is 0. The van der Waals surface area contributed by atoms with E-state index in [2.05, 4.69) is 26.0 Å². The average Bonchev–Trinajstić information content (AvgIpc) is 2.30. The molecule has 0 unspecified atom stereocenters. The van der Waals surface area contributed by atoms with E-state index in [4.69, 9.17) is 5.41 Å². The molecule has 0 aromatic heterocycles. The van der Waals surface area contributed by atoms with Gasteiger partial charge in [-0.15, -0.1) is 12.4 Å². The van der Waals surface area contributed by atoms with Gasteiger partial charge in [0, 0.05) is 18.2 Å². The number of nitrogens with zero attached hydrogens (tertiary/aromatic N) is 1. The fourth-order valence-electron chi connectivity index (χ4n) is 1.96. The molecule has 1 aliphatic rings.